The zero-order valence-electron chi connectivity index (χ0n) is 13.3. The van der Waals surface area contributed by atoms with Gasteiger partial charge in [-0.3, -0.25) is 5.73 Å². The first-order valence-corrected chi connectivity index (χ1v) is 7.79. The van der Waals surface area contributed by atoms with E-state index in [9.17, 15) is 22.4 Å². The number of halogens is 5. The number of hydrogen-bond acceptors (Lipinski definition) is 5. The second-order valence-corrected chi connectivity index (χ2v) is 5.86. The Morgan fingerprint density at radius 1 is 1.22 bits per heavy atom. The number of rotatable bonds is 3. The van der Waals surface area contributed by atoms with Crippen molar-refractivity contribution >= 4 is 28.5 Å². The number of aromatic nitrogens is 2. The van der Waals surface area contributed by atoms with Gasteiger partial charge < -0.3 is 4.74 Å². The molecule has 0 spiro atoms. The second kappa shape index (κ2) is 7.09. The molecular formula is C17H10ClF4N3O2. The molecule has 1 heterocycles. The van der Waals surface area contributed by atoms with Gasteiger partial charge in [-0.15, -0.1) is 5.10 Å². The van der Waals surface area contributed by atoms with Crippen molar-refractivity contribution in [1.29, 1.82) is 0 Å². The van der Waals surface area contributed by atoms with Crippen LogP contribution < -0.4 is 5.73 Å². The van der Waals surface area contributed by atoms with Gasteiger partial charge in [-0.1, -0.05) is 23.7 Å². The summed E-state index contributed by atoms with van der Waals surface area (Å²) in [4.78, 5) is 11.2. The summed E-state index contributed by atoms with van der Waals surface area (Å²) in [7, 11) is 0. The molecule has 0 fully saturated rings. The van der Waals surface area contributed by atoms with E-state index in [1.165, 1.54) is 36.5 Å². The number of carbonyl (C=O) groups excluding carboxylic acids is 1. The first kappa shape index (κ1) is 19.0. The van der Waals surface area contributed by atoms with Gasteiger partial charge >= 0.3 is 12.1 Å². The van der Waals surface area contributed by atoms with Gasteiger partial charge in [0.2, 0.25) is 0 Å². The highest BCUT2D eigenvalue weighted by Crippen LogP contribution is 2.38. The molecule has 0 radical (unpaired) electrons. The highest BCUT2D eigenvalue weighted by molar-refractivity contribution is 6.36. The summed E-state index contributed by atoms with van der Waals surface area (Å²) < 4.78 is 55.5. The van der Waals surface area contributed by atoms with Crippen LogP contribution in [0.1, 0.15) is 11.8 Å². The van der Waals surface area contributed by atoms with Crippen LogP contribution in [-0.4, -0.2) is 22.3 Å². The van der Waals surface area contributed by atoms with Crippen LogP contribution in [0.4, 0.5) is 17.6 Å². The van der Waals surface area contributed by atoms with Crippen LogP contribution >= 0.6 is 11.6 Å². The normalized spacial score (nSPS) is 12.8. The molecule has 0 amide bonds. The Morgan fingerprint density at radius 3 is 2.63 bits per heavy atom. The van der Waals surface area contributed by atoms with Gasteiger partial charge in [-0.2, -0.15) is 18.3 Å². The van der Waals surface area contributed by atoms with Gasteiger partial charge in [0.25, 0.3) is 0 Å². The van der Waals surface area contributed by atoms with Gasteiger partial charge in [0.05, 0.1) is 11.2 Å². The van der Waals surface area contributed by atoms with Crippen LogP contribution in [0.5, 0.6) is 0 Å². The first-order valence-electron chi connectivity index (χ1n) is 7.41. The van der Waals surface area contributed by atoms with Crippen molar-refractivity contribution in [1.82, 2.24) is 10.2 Å². The van der Waals surface area contributed by atoms with Crippen molar-refractivity contribution < 1.29 is 27.1 Å². The number of benzene rings is 2. The van der Waals surface area contributed by atoms with Crippen molar-refractivity contribution in [3.05, 3.63) is 59.0 Å². The first-order chi connectivity index (χ1) is 12.7. The van der Waals surface area contributed by atoms with Crippen molar-refractivity contribution in [3.8, 4) is 11.1 Å². The van der Waals surface area contributed by atoms with E-state index in [1.807, 2.05) is 0 Å². The fraction of sp³-hybridized carbons (Fsp3) is 0.118. The molecule has 0 aliphatic rings. The summed E-state index contributed by atoms with van der Waals surface area (Å²) in [6.07, 6.45) is -5.68. The largest absolute Gasteiger partial charge is 0.490 e. The number of nitrogens with two attached hydrogens (primary N) is 1. The minimum absolute atomic E-state index is 0.0730. The topological polar surface area (TPSA) is 78.1 Å². The highest BCUT2D eigenvalue weighted by Gasteiger charge is 2.42. The average Bonchev–Trinajstić information content (AvgIpc) is 2.60. The summed E-state index contributed by atoms with van der Waals surface area (Å²) >= 11 is 6.16. The van der Waals surface area contributed by atoms with Crippen LogP contribution in [0.15, 0.2) is 42.6 Å². The molecule has 0 aliphatic carbocycles. The van der Waals surface area contributed by atoms with E-state index in [2.05, 4.69) is 14.9 Å². The molecule has 0 bridgehead atoms. The predicted molar refractivity (Wildman–Crippen MR) is 89.0 cm³/mol. The molecule has 2 aromatic carbocycles. The summed E-state index contributed by atoms with van der Waals surface area (Å²) in [5, 5.41) is 8.20. The molecule has 140 valence electrons. The molecule has 3 rings (SSSR count). The van der Waals surface area contributed by atoms with E-state index >= 15 is 0 Å². The number of fused-ring (bicyclic) bond motifs is 1. The maximum Gasteiger partial charge on any atom is 0.490 e. The fourth-order valence-electron chi connectivity index (χ4n) is 2.55. The van der Waals surface area contributed by atoms with Gasteiger partial charge in [0, 0.05) is 16.5 Å². The number of hydrogen-bond donors (Lipinski definition) is 1. The third-order valence-electron chi connectivity index (χ3n) is 3.67. The molecule has 5 nitrogen and oxygen atoms in total. The van der Waals surface area contributed by atoms with E-state index in [0.717, 1.165) is 6.07 Å². The fourth-order valence-corrected chi connectivity index (χ4v) is 2.82. The summed E-state index contributed by atoms with van der Waals surface area (Å²) in [6.45, 7) is 0. The van der Waals surface area contributed by atoms with Crippen LogP contribution in [0, 0.1) is 5.82 Å². The predicted octanol–water partition coefficient (Wildman–Crippen LogP) is 4.15. The molecule has 0 aliphatic heterocycles. The van der Waals surface area contributed by atoms with Gasteiger partial charge in [0.1, 0.15) is 11.3 Å². The van der Waals surface area contributed by atoms with Gasteiger partial charge in [-0.05, 0) is 29.8 Å². The van der Waals surface area contributed by atoms with Crippen molar-refractivity contribution in [2.75, 3.05) is 0 Å². The zero-order chi connectivity index (χ0) is 19.8. The highest BCUT2D eigenvalue weighted by atomic mass is 35.5. The quantitative estimate of drug-likeness (QED) is 0.406. The zero-order valence-corrected chi connectivity index (χ0v) is 14.1. The van der Waals surface area contributed by atoms with Crippen LogP contribution in [0.3, 0.4) is 0 Å². The van der Waals surface area contributed by atoms with E-state index < -0.39 is 24.2 Å². The lowest BCUT2D eigenvalue weighted by Crippen LogP contribution is -2.30. The van der Waals surface area contributed by atoms with Crippen LogP contribution in [0.2, 0.25) is 5.02 Å². The van der Waals surface area contributed by atoms with Crippen LogP contribution in [0.25, 0.3) is 22.0 Å². The van der Waals surface area contributed by atoms with Crippen molar-refractivity contribution in [3.63, 3.8) is 0 Å². The maximum absolute atomic E-state index is 13.7. The summed E-state index contributed by atoms with van der Waals surface area (Å²) in [5.41, 5.74) is 6.19. The Hall–Kier alpha value is -2.78. The molecule has 10 heteroatoms. The molecule has 1 aromatic heterocycles. The minimum atomic E-state index is -5.23. The second-order valence-electron chi connectivity index (χ2n) is 5.45. The molecule has 0 saturated heterocycles. The minimum Gasteiger partial charge on any atom is -0.436 e. The van der Waals surface area contributed by atoms with Crippen LogP contribution in [-0.2, 0) is 9.53 Å². The third-order valence-corrected chi connectivity index (χ3v) is 3.98. The van der Waals surface area contributed by atoms with E-state index in [0.29, 0.717) is 5.39 Å². The van der Waals surface area contributed by atoms with Crippen molar-refractivity contribution in [2.24, 2.45) is 5.73 Å². The molecule has 1 unspecified atom stereocenters. The monoisotopic (exact) mass is 399 g/mol. The van der Waals surface area contributed by atoms with Gasteiger partial charge in [0.15, 0.2) is 6.23 Å². The van der Waals surface area contributed by atoms with E-state index in [1.54, 1.807) is 0 Å². The van der Waals surface area contributed by atoms with Crippen molar-refractivity contribution in [2.45, 2.75) is 12.4 Å². The Morgan fingerprint density at radius 2 is 1.96 bits per heavy atom. The smallest absolute Gasteiger partial charge is 0.436 e. The molecule has 2 N–H and O–H groups in total. The molecule has 1 atom stereocenters. The van der Waals surface area contributed by atoms with E-state index in [4.69, 9.17) is 17.3 Å². The summed E-state index contributed by atoms with van der Waals surface area (Å²) in [6, 6.07) is 8.01. The molecule has 3 aromatic rings. The number of esters is 1. The third kappa shape index (κ3) is 3.83. The number of ether oxygens (including phenoxy) is 1. The molecule has 27 heavy (non-hydrogen) atoms. The van der Waals surface area contributed by atoms with Gasteiger partial charge in [-0.25, -0.2) is 9.18 Å². The number of carbonyl (C=O) groups is 1. The Balaban J connectivity index is 2.23. The Labute approximate surface area is 154 Å². The molecule has 0 saturated carbocycles. The standard InChI is InChI=1S/C17H10ClF4N3O2/c18-12-7-11(15(23)27-16(26)17(20,21)22)13(8-2-1-3-9(19)6-8)14-10(12)4-5-24-25-14/h1-7,15H,23H2. The SMILES string of the molecule is NC(OC(=O)C(F)(F)F)c1cc(Cl)c2ccnnc2c1-c1cccc(F)c1. The summed E-state index contributed by atoms with van der Waals surface area (Å²) in [5.74, 6) is -3.05. The molecular weight excluding hydrogens is 390 g/mol. The average molecular weight is 400 g/mol. The van der Waals surface area contributed by atoms with E-state index in [-0.39, 0.29) is 27.2 Å². The lowest BCUT2D eigenvalue weighted by atomic mass is 9.95. The lowest BCUT2D eigenvalue weighted by molar-refractivity contribution is -0.205. The maximum atomic E-state index is 13.7. The Bertz CT molecular complexity index is 1030. The number of nitrogens with zero attached hydrogens (tertiary/aromatic N) is 2. The lowest BCUT2D eigenvalue weighted by Gasteiger charge is -2.20. The Kier molecular flexibility index (Phi) is 4.99. The number of alkyl halides is 3.